The molecule has 1 heterocycles. The number of nitrogens with zero attached hydrogens (tertiary/aromatic N) is 2. The van der Waals surface area contributed by atoms with E-state index in [1.807, 2.05) is 0 Å². The van der Waals surface area contributed by atoms with Gasteiger partial charge in [-0.05, 0) is 52.9 Å². The minimum atomic E-state index is 0.135. The molecule has 0 spiro atoms. The largest absolute Gasteiger partial charge is 0.306 e. The summed E-state index contributed by atoms with van der Waals surface area (Å²) in [5.41, 5.74) is 2.42. The Morgan fingerprint density at radius 2 is 1.89 bits per heavy atom. The van der Waals surface area contributed by atoms with Crippen LogP contribution in [0.2, 0.25) is 0 Å². The molecule has 3 heteroatoms. The fourth-order valence-electron chi connectivity index (χ4n) is 1.86. The average Bonchev–Trinajstić information content (AvgIpc) is 2.33. The lowest BCUT2D eigenvalue weighted by molar-refractivity contribution is 0.316. The maximum absolute atomic E-state index is 4.72. The Balaban J connectivity index is 2.52. The van der Waals surface area contributed by atoms with Crippen LogP contribution in [0.4, 0.5) is 0 Å². The van der Waals surface area contributed by atoms with E-state index < -0.39 is 0 Å². The van der Waals surface area contributed by atoms with Crippen molar-refractivity contribution in [1.82, 2.24) is 15.2 Å². The van der Waals surface area contributed by atoms with Gasteiger partial charge < -0.3 is 10.2 Å². The Kier molecular flexibility index (Phi) is 6.46. The molecule has 0 fully saturated rings. The molecule has 0 unspecified atom stereocenters. The Bertz CT molecular complexity index is 369. The Morgan fingerprint density at radius 1 is 1.21 bits per heavy atom. The lowest BCUT2D eigenvalue weighted by Crippen LogP contribution is -2.35. The SMILES string of the molecule is CCCCN(C)Cc1cccc(CNC(C)(C)C)n1. The van der Waals surface area contributed by atoms with Crippen LogP contribution in [0.25, 0.3) is 0 Å². The van der Waals surface area contributed by atoms with Crippen molar-refractivity contribution >= 4 is 0 Å². The van der Waals surface area contributed by atoms with E-state index in [2.05, 4.69) is 63.2 Å². The zero-order valence-corrected chi connectivity index (χ0v) is 13.2. The zero-order chi connectivity index (χ0) is 14.3. The first kappa shape index (κ1) is 16.1. The summed E-state index contributed by atoms with van der Waals surface area (Å²) >= 11 is 0. The van der Waals surface area contributed by atoms with Crippen LogP contribution in [-0.2, 0) is 13.1 Å². The lowest BCUT2D eigenvalue weighted by atomic mass is 10.1. The first-order valence-electron chi connectivity index (χ1n) is 7.29. The second kappa shape index (κ2) is 7.61. The zero-order valence-electron chi connectivity index (χ0n) is 13.2. The van der Waals surface area contributed by atoms with Crippen LogP contribution in [0.5, 0.6) is 0 Å². The molecule has 19 heavy (non-hydrogen) atoms. The molecule has 0 atom stereocenters. The number of hydrogen-bond donors (Lipinski definition) is 1. The van der Waals surface area contributed by atoms with Gasteiger partial charge in [-0.15, -0.1) is 0 Å². The number of pyridine rings is 1. The van der Waals surface area contributed by atoms with Crippen molar-refractivity contribution in [1.29, 1.82) is 0 Å². The van der Waals surface area contributed by atoms with Gasteiger partial charge in [-0.3, -0.25) is 4.98 Å². The van der Waals surface area contributed by atoms with Crippen LogP contribution in [-0.4, -0.2) is 29.0 Å². The van der Waals surface area contributed by atoms with E-state index in [0.717, 1.165) is 31.0 Å². The molecule has 0 bridgehead atoms. The molecule has 1 aromatic heterocycles. The molecule has 1 N–H and O–H groups in total. The second-order valence-corrected chi connectivity index (χ2v) is 6.32. The second-order valence-electron chi connectivity index (χ2n) is 6.32. The van der Waals surface area contributed by atoms with Crippen LogP contribution in [0.15, 0.2) is 18.2 Å². The summed E-state index contributed by atoms with van der Waals surface area (Å²) < 4.78 is 0. The maximum Gasteiger partial charge on any atom is 0.0547 e. The third-order valence-electron chi connectivity index (χ3n) is 2.99. The standard InChI is InChI=1S/C16H29N3/c1-6-7-11-19(5)13-15-10-8-9-14(18-15)12-17-16(2,3)4/h8-10,17H,6-7,11-13H2,1-5H3. The van der Waals surface area contributed by atoms with Crippen molar-refractivity contribution < 1.29 is 0 Å². The highest BCUT2D eigenvalue weighted by Gasteiger charge is 2.09. The molecule has 108 valence electrons. The van der Waals surface area contributed by atoms with Crippen LogP contribution >= 0.6 is 0 Å². The van der Waals surface area contributed by atoms with Gasteiger partial charge in [0.1, 0.15) is 0 Å². The summed E-state index contributed by atoms with van der Waals surface area (Å²) in [6.07, 6.45) is 2.50. The van der Waals surface area contributed by atoms with Gasteiger partial charge in [0.2, 0.25) is 0 Å². The van der Waals surface area contributed by atoms with Crippen molar-refractivity contribution in [2.75, 3.05) is 13.6 Å². The number of nitrogens with one attached hydrogen (secondary N) is 1. The molecule has 0 aliphatic carbocycles. The smallest absolute Gasteiger partial charge is 0.0547 e. The molecule has 0 saturated carbocycles. The molecular weight excluding hydrogens is 234 g/mol. The van der Waals surface area contributed by atoms with Gasteiger partial charge in [-0.25, -0.2) is 0 Å². The van der Waals surface area contributed by atoms with Gasteiger partial charge in [0.25, 0.3) is 0 Å². The third kappa shape index (κ3) is 7.28. The fraction of sp³-hybridized carbons (Fsp3) is 0.688. The average molecular weight is 263 g/mol. The molecule has 0 aliphatic heterocycles. The molecular formula is C16H29N3. The topological polar surface area (TPSA) is 28.2 Å². The first-order valence-corrected chi connectivity index (χ1v) is 7.29. The highest BCUT2D eigenvalue weighted by atomic mass is 15.1. The minimum Gasteiger partial charge on any atom is -0.306 e. The van der Waals surface area contributed by atoms with Crippen LogP contribution in [0, 0.1) is 0 Å². The Labute approximate surface area is 118 Å². The van der Waals surface area contributed by atoms with Crippen molar-refractivity contribution in [3.63, 3.8) is 0 Å². The number of aromatic nitrogens is 1. The number of hydrogen-bond acceptors (Lipinski definition) is 3. The van der Waals surface area contributed by atoms with Gasteiger partial charge in [-0.2, -0.15) is 0 Å². The fourth-order valence-corrected chi connectivity index (χ4v) is 1.86. The Morgan fingerprint density at radius 3 is 2.53 bits per heavy atom. The third-order valence-corrected chi connectivity index (χ3v) is 2.99. The Hall–Kier alpha value is -0.930. The van der Waals surface area contributed by atoms with Gasteiger partial charge in [0.15, 0.2) is 0 Å². The van der Waals surface area contributed by atoms with Crippen LogP contribution in [0.3, 0.4) is 0 Å². The summed E-state index contributed by atoms with van der Waals surface area (Å²) in [5, 5.41) is 3.48. The molecule has 3 nitrogen and oxygen atoms in total. The van der Waals surface area contributed by atoms with Crippen LogP contribution < -0.4 is 5.32 Å². The van der Waals surface area contributed by atoms with E-state index in [0.29, 0.717) is 0 Å². The predicted octanol–water partition coefficient (Wildman–Crippen LogP) is 3.20. The van der Waals surface area contributed by atoms with Gasteiger partial charge in [-0.1, -0.05) is 19.4 Å². The summed E-state index contributed by atoms with van der Waals surface area (Å²) in [6.45, 7) is 11.7. The van der Waals surface area contributed by atoms with Gasteiger partial charge in [0, 0.05) is 18.6 Å². The highest BCUT2D eigenvalue weighted by molar-refractivity contribution is 5.11. The van der Waals surface area contributed by atoms with E-state index in [1.54, 1.807) is 0 Å². The van der Waals surface area contributed by atoms with Crippen molar-refractivity contribution in [3.05, 3.63) is 29.6 Å². The van der Waals surface area contributed by atoms with E-state index in [1.165, 1.54) is 12.8 Å². The maximum atomic E-state index is 4.72. The van der Waals surface area contributed by atoms with Gasteiger partial charge >= 0.3 is 0 Å². The van der Waals surface area contributed by atoms with Crippen molar-refractivity contribution in [2.45, 2.75) is 59.2 Å². The summed E-state index contributed by atoms with van der Waals surface area (Å²) in [5.74, 6) is 0. The van der Waals surface area contributed by atoms with Crippen molar-refractivity contribution in [2.24, 2.45) is 0 Å². The number of unbranched alkanes of at least 4 members (excludes halogenated alkanes) is 1. The minimum absolute atomic E-state index is 0.135. The summed E-state index contributed by atoms with van der Waals surface area (Å²) in [4.78, 5) is 7.06. The van der Waals surface area contributed by atoms with E-state index in [4.69, 9.17) is 4.98 Å². The molecule has 0 aromatic carbocycles. The first-order chi connectivity index (χ1) is 8.90. The quantitative estimate of drug-likeness (QED) is 0.819. The molecule has 1 aromatic rings. The monoisotopic (exact) mass is 263 g/mol. The van der Waals surface area contributed by atoms with E-state index in [-0.39, 0.29) is 5.54 Å². The molecule has 1 rings (SSSR count). The number of rotatable bonds is 7. The summed E-state index contributed by atoms with van der Waals surface area (Å²) in [6, 6.07) is 6.31. The van der Waals surface area contributed by atoms with Crippen molar-refractivity contribution in [3.8, 4) is 0 Å². The molecule has 0 saturated heterocycles. The van der Waals surface area contributed by atoms with E-state index in [9.17, 15) is 0 Å². The predicted molar refractivity (Wildman–Crippen MR) is 82.1 cm³/mol. The molecule has 0 radical (unpaired) electrons. The molecule has 0 aliphatic rings. The molecule has 0 amide bonds. The summed E-state index contributed by atoms with van der Waals surface area (Å²) in [7, 11) is 2.16. The normalized spacial score (nSPS) is 12.1. The lowest BCUT2D eigenvalue weighted by Gasteiger charge is -2.20. The van der Waals surface area contributed by atoms with E-state index >= 15 is 0 Å². The van der Waals surface area contributed by atoms with Crippen LogP contribution in [0.1, 0.15) is 51.9 Å². The van der Waals surface area contributed by atoms with Gasteiger partial charge in [0.05, 0.1) is 11.4 Å². The highest BCUT2D eigenvalue weighted by Crippen LogP contribution is 2.06.